The van der Waals surface area contributed by atoms with Crippen molar-refractivity contribution in [2.45, 2.75) is 32.1 Å². The lowest BCUT2D eigenvalue weighted by Gasteiger charge is -2.38. The molecule has 2 heterocycles. The van der Waals surface area contributed by atoms with Crippen LogP contribution in [-0.2, 0) is 11.2 Å². The van der Waals surface area contributed by atoms with Crippen LogP contribution >= 0.6 is 11.3 Å². The molecule has 7 nitrogen and oxygen atoms in total. The number of anilines is 2. The molecule has 35 heavy (non-hydrogen) atoms. The molecule has 0 saturated carbocycles. The summed E-state index contributed by atoms with van der Waals surface area (Å²) in [6.45, 7) is 4.93. The van der Waals surface area contributed by atoms with Crippen LogP contribution in [0.25, 0.3) is 0 Å². The van der Waals surface area contributed by atoms with Gasteiger partial charge in [0.15, 0.2) is 5.13 Å². The number of rotatable bonds is 5. The summed E-state index contributed by atoms with van der Waals surface area (Å²) in [6.07, 6.45) is 2.67. The SMILES string of the molecule is COc1cccc(N2CCN(C(=O)C3CCCc4sc(NC(=O)c5ccc(C)cc5)nc43)CC2)c1. The van der Waals surface area contributed by atoms with Crippen LogP contribution in [0.3, 0.4) is 0 Å². The Bertz CT molecular complexity index is 1220. The van der Waals surface area contributed by atoms with Crippen LogP contribution in [0, 0.1) is 6.92 Å². The van der Waals surface area contributed by atoms with Crippen molar-refractivity contribution in [2.75, 3.05) is 43.5 Å². The molecule has 1 N–H and O–H groups in total. The van der Waals surface area contributed by atoms with E-state index in [-0.39, 0.29) is 17.7 Å². The van der Waals surface area contributed by atoms with E-state index in [4.69, 9.17) is 9.72 Å². The van der Waals surface area contributed by atoms with Crippen LogP contribution in [-0.4, -0.2) is 55.0 Å². The number of nitrogens with one attached hydrogen (secondary N) is 1. The van der Waals surface area contributed by atoms with Crippen molar-refractivity contribution < 1.29 is 14.3 Å². The molecule has 182 valence electrons. The zero-order valence-electron chi connectivity index (χ0n) is 20.1. The minimum atomic E-state index is -0.233. The molecule has 1 fully saturated rings. The molecule has 3 aromatic rings. The number of nitrogens with zero attached hydrogens (tertiary/aromatic N) is 3. The first-order valence-electron chi connectivity index (χ1n) is 12.1. The number of benzene rings is 2. The second-order valence-corrected chi connectivity index (χ2v) is 10.2. The lowest BCUT2D eigenvalue weighted by Crippen LogP contribution is -2.50. The van der Waals surface area contributed by atoms with Gasteiger partial charge in [-0.1, -0.05) is 23.8 Å². The summed E-state index contributed by atoms with van der Waals surface area (Å²) >= 11 is 1.50. The monoisotopic (exact) mass is 490 g/mol. The summed E-state index contributed by atoms with van der Waals surface area (Å²) in [5, 5.41) is 3.51. The van der Waals surface area contributed by atoms with Crippen molar-refractivity contribution in [1.82, 2.24) is 9.88 Å². The number of methoxy groups -OCH3 is 1. The van der Waals surface area contributed by atoms with Crippen molar-refractivity contribution in [2.24, 2.45) is 0 Å². The third-order valence-electron chi connectivity index (χ3n) is 6.80. The van der Waals surface area contributed by atoms with E-state index in [1.807, 2.05) is 54.3 Å². The Balaban J connectivity index is 1.24. The van der Waals surface area contributed by atoms with Crippen LogP contribution in [0.1, 0.15) is 45.3 Å². The maximum absolute atomic E-state index is 13.5. The zero-order valence-corrected chi connectivity index (χ0v) is 20.9. The van der Waals surface area contributed by atoms with Crippen molar-refractivity contribution >= 4 is 34.0 Å². The summed E-state index contributed by atoms with van der Waals surface area (Å²) < 4.78 is 5.35. The molecule has 8 heteroatoms. The Hall–Kier alpha value is -3.39. The Labute approximate surface area is 209 Å². The molecule has 0 bridgehead atoms. The van der Waals surface area contributed by atoms with Gasteiger partial charge >= 0.3 is 0 Å². The molecule has 1 saturated heterocycles. The largest absolute Gasteiger partial charge is 0.497 e. The van der Waals surface area contributed by atoms with Gasteiger partial charge in [0.1, 0.15) is 5.75 Å². The van der Waals surface area contributed by atoms with E-state index >= 15 is 0 Å². The summed E-state index contributed by atoms with van der Waals surface area (Å²) in [5.41, 5.74) is 3.67. The molecule has 1 aliphatic carbocycles. The number of carbonyl (C=O) groups excluding carboxylic acids is 2. The Morgan fingerprint density at radius 2 is 1.86 bits per heavy atom. The van der Waals surface area contributed by atoms with Crippen molar-refractivity contribution in [3.8, 4) is 5.75 Å². The van der Waals surface area contributed by atoms with E-state index in [2.05, 4.69) is 16.3 Å². The van der Waals surface area contributed by atoms with Gasteiger partial charge in [-0.25, -0.2) is 4.98 Å². The molecule has 1 aromatic heterocycles. The van der Waals surface area contributed by atoms with Gasteiger partial charge in [-0.2, -0.15) is 0 Å². The maximum Gasteiger partial charge on any atom is 0.257 e. The minimum Gasteiger partial charge on any atom is -0.497 e. The summed E-state index contributed by atoms with van der Waals surface area (Å²) in [6, 6.07) is 15.5. The first-order valence-corrected chi connectivity index (χ1v) is 12.9. The lowest BCUT2D eigenvalue weighted by atomic mass is 9.89. The number of carbonyl (C=O) groups is 2. The van der Waals surface area contributed by atoms with E-state index in [1.54, 1.807) is 7.11 Å². The normalized spacial score (nSPS) is 17.6. The Morgan fingerprint density at radius 1 is 1.09 bits per heavy atom. The average molecular weight is 491 g/mol. The standard InChI is InChI=1S/C27H30N4O3S/c1-18-9-11-19(12-10-18)25(32)29-27-28-24-22(7-4-8-23(24)35-27)26(33)31-15-13-30(14-16-31)20-5-3-6-21(17-20)34-2/h3,5-6,9-12,17,22H,4,7-8,13-16H2,1-2H3,(H,28,29,32). The molecule has 1 unspecified atom stereocenters. The molecule has 0 radical (unpaired) electrons. The van der Waals surface area contributed by atoms with E-state index in [0.717, 1.165) is 59.9 Å². The van der Waals surface area contributed by atoms with E-state index < -0.39 is 0 Å². The van der Waals surface area contributed by atoms with Crippen LogP contribution in [0.15, 0.2) is 48.5 Å². The highest BCUT2D eigenvalue weighted by Crippen LogP contribution is 2.38. The van der Waals surface area contributed by atoms with Gasteiger partial charge in [-0.05, 0) is 50.5 Å². The maximum atomic E-state index is 13.5. The fourth-order valence-corrected chi connectivity index (χ4v) is 5.86. The first kappa shape index (κ1) is 23.4. The zero-order chi connectivity index (χ0) is 24.4. The number of ether oxygens (including phenoxy) is 1. The van der Waals surface area contributed by atoms with Crippen molar-refractivity contribution in [3.05, 3.63) is 70.2 Å². The molecular weight excluding hydrogens is 460 g/mol. The van der Waals surface area contributed by atoms with Gasteiger partial charge in [0.05, 0.1) is 18.7 Å². The molecule has 0 spiro atoms. The highest BCUT2D eigenvalue weighted by molar-refractivity contribution is 7.16. The smallest absolute Gasteiger partial charge is 0.257 e. The average Bonchev–Trinajstić information content (AvgIpc) is 3.31. The predicted molar refractivity (Wildman–Crippen MR) is 139 cm³/mol. The Morgan fingerprint density at radius 3 is 2.60 bits per heavy atom. The van der Waals surface area contributed by atoms with Crippen LogP contribution in [0.2, 0.25) is 0 Å². The number of thiazole rings is 1. The number of fused-ring (bicyclic) bond motifs is 1. The van der Waals surface area contributed by atoms with Gasteiger partial charge in [0, 0.05) is 48.4 Å². The predicted octanol–water partition coefficient (Wildman–Crippen LogP) is 4.48. The van der Waals surface area contributed by atoms with Crippen molar-refractivity contribution in [1.29, 1.82) is 0 Å². The molecule has 1 atom stereocenters. The van der Waals surface area contributed by atoms with Gasteiger partial charge in [-0.3, -0.25) is 14.9 Å². The molecule has 2 aliphatic rings. The van der Waals surface area contributed by atoms with Gasteiger partial charge < -0.3 is 14.5 Å². The fraction of sp³-hybridized carbons (Fsp3) is 0.370. The lowest BCUT2D eigenvalue weighted by molar-refractivity contribution is -0.133. The number of aromatic nitrogens is 1. The summed E-state index contributed by atoms with van der Waals surface area (Å²) in [4.78, 5) is 36.3. The molecule has 1 aliphatic heterocycles. The molecule has 2 aromatic carbocycles. The molecule has 5 rings (SSSR count). The van der Waals surface area contributed by atoms with E-state index in [0.29, 0.717) is 23.8 Å². The van der Waals surface area contributed by atoms with Gasteiger partial charge in [-0.15, -0.1) is 11.3 Å². The third-order valence-corrected chi connectivity index (χ3v) is 7.84. The molecular formula is C27H30N4O3S. The number of hydrogen-bond donors (Lipinski definition) is 1. The highest BCUT2D eigenvalue weighted by Gasteiger charge is 2.34. The third kappa shape index (κ3) is 5.03. The van der Waals surface area contributed by atoms with Crippen LogP contribution in [0.4, 0.5) is 10.8 Å². The Kier molecular flexibility index (Phi) is 6.72. The van der Waals surface area contributed by atoms with Crippen molar-refractivity contribution in [3.63, 3.8) is 0 Å². The second-order valence-electron chi connectivity index (χ2n) is 9.11. The van der Waals surface area contributed by atoms with Crippen LogP contribution < -0.4 is 15.0 Å². The number of piperazine rings is 1. The van der Waals surface area contributed by atoms with E-state index in [1.165, 1.54) is 11.3 Å². The fourth-order valence-electron chi connectivity index (χ4n) is 4.80. The van der Waals surface area contributed by atoms with Gasteiger partial charge in [0.2, 0.25) is 5.91 Å². The minimum absolute atomic E-state index is 0.151. The van der Waals surface area contributed by atoms with Gasteiger partial charge in [0.25, 0.3) is 5.91 Å². The highest BCUT2D eigenvalue weighted by atomic mass is 32.1. The van der Waals surface area contributed by atoms with Crippen LogP contribution in [0.5, 0.6) is 5.75 Å². The number of aryl methyl sites for hydroxylation is 2. The first-order chi connectivity index (χ1) is 17.0. The number of hydrogen-bond acceptors (Lipinski definition) is 6. The quantitative estimate of drug-likeness (QED) is 0.571. The second kappa shape index (κ2) is 10.1. The van der Waals surface area contributed by atoms with E-state index in [9.17, 15) is 9.59 Å². The summed E-state index contributed by atoms with van der Waals surface area (Å²) in [7, 11) is 1.67. The number of amides is 2. The topological polar surface area (TPSA) is 74.8 Å². The molecule has 2 amide bonds. The summed E-state index contributed by atoms with van der Waals surface area (Å²) in [5.74, 6) is 0.582.